The number of hydrogen-bond acceptors (Lipinski definition) is 7. The minimum absolute atomic E-state index is 0.187. The van der Waals surface area contributed by atoms with Gasteiger partial charge in [-0.15, -0.1) is 0 Å². The monoisotopic (exact) mass is 315 g/mol. The van der Waals surface area contributed by atoms with Crippen molar-refractivity contribution in [1.29, 1.82) is 0 Å². The molecule has 0 saturated carbocycles. The van der Waals surface area contributed by atoms with Crippen LogP contribution in [0.15, 0.2) is 47.9 Å². The summed E-state index contributed by atoms with van der Waals surface area (Å²) < 4.78 is 11.5. The lowest BCUT2D eigenvalue weighted by molar-refractivity contribution is 0.680. The first-order valence-corrected chi connectivity index (χ1v) is 7.89. The first-order chi connectivity index (χ1) is 10.6. The lowest BCUT2D eigenvalue weighted by Gasteiger charge is -2.08. The van der Waals surface area contributed by atoms with Crippen LogP contribution in [0, 0.1) is 0 Å². The van der Waals surface area contributed by atoms with Gasteiger partial charge in [-0.25, -0.2) is 9.97 Å². The van der Waals surface area contributed by atoms with Gasteiger partial charge in [0, 0.05) is 18.0 Å². The number of rotatable bonds is 4. The standard InChI is InChI=1S/C13H13N7OS/c1-22(21)13-18-11(14)8-12(19-13)17-9-3-2-4-10(7-9)20-15-5-6-16-20/h2-8H,1H3,(H3,14,17,18,19). The van der Waals surface area contributed by atoms with Crippen LogP contribution in [0.4, 0.5) is 17.3 Å². The highest BCUT2D eigenvalue weighted by Crippen LogP contribution is 2.19. The molecule has 1 atom stereocenters. The fraction of sp³-hybridized carbons (Fsp3) is 0.0769. The Kier molecular flexibility index (Phi) is 3.79. The van der Waals surface area contributed by atoms with E-state index in [2.05, 4.69) is 25.5 Å². The summed E-state index contributed by atoms with van der Waals surface area (Å²) in [5.74, 6) is 0.732. The molecule has 0 amide bonds. The van der Waals surface area contributed by atoms with Crippen LogP contribution in [-0.2, 0) is 10.8 Å². The summed E-state index contributed by atoms with van der Waals surface area (Å²) in [4.78, 5) is 9.62. The van der Waals surface area contributed by atoms with Gasteiger partial charge in [0.1, 0.15) is 11.6 Å². The van der Waals surface area contributed by atoms with E-state index in [0.29, 0.717) is 5.82 Å². The number of anilines is 3. The zero-order valence-corrected chi connectivity index (χ0v) is 12.5. The second-order valence-corrected chi connectivity index (χ2v) is 5.68. The van der Waals surface area contributed by atoms with Crippen molar-refractivity contribution in [3.05, 3.63) is 42.7 Å². The van der Waals surface area contributed by atoms with Crippen molar-refractivity contribution in [2.75, 3.05) is 17.3 Å². The van der Waals surface area contributed by atoms with Gasteiger partial charge in [0.15, 0.2) is 0 Å². The quantitative estimate of drug-likeness (QED) is 0.694. The van der Waals surface area contributed by atoms with E-state index in [1.165, 1.54) is 11.1 Å². The summed E-state index contributed by atoms with van der Waals surface area (Å²) in [6.07, 6.45) is 4.71. The van der Waals surface area contributed by atoms with E-state index >= 15 is 0 Å². The predicted molar refractivity (Wildman–Crippen MR) is 83.4 cm³/mol. The second-order valence-electron chi connectivity index (χ2n) is 4.41. The molecule has 2 heterocycles. The fourth-order valence-electron chi connectivity index (χ4n) is 1.84. The van der Waals surface area contributed by atoms with Crippen molar-refractivity contribution >= 4 is 28.1 Å². The highest BCUT2D eigenvalue weighted by molar-refractivity contribution is 7.84. The van der Waals surface area contributed by atoms with Crippen LogP contribution < -0.4 is 11.1 Å². The minimum atomic E-state index is -1.30. The molecular weight excluding hydrogens is 302 g/mol. The number of hydrogen-bond donors (Lipinski definition) is 2. The minimum Gasteiger partial charge on any atom is -0.383 e. The molecule has 0 aliphatic carbocycles. The summed E-state index contributed by atoms with van der Waals surface area (Å²) in [5.41, 5.74) is 7.29. The first-order valence-electron chi connectivity index (χ1n) is 6.33. The molecule has 9 heteroatoms. The smallest absolute Gasteiger partial charge is 0.222 e. The zero-order valence-electron chi connectivity index (χ0n) is 11.7. The SMILES string of the molecule is CS(=O)c1nc(N)cc(Nc2cccc(-n3nccn3)c2)n1. The van der Waals surface area contributed by atoms with Gasteiger partial charge in [-0.2, -0.15) is 15.0 Å². The fourth-order valence-corrected chi connectivity index (χ4v) is 2.30. The Bertz CT molecular complexity index is 819. The number of nitrogens with zero attached hydrogens (tertiary/aromatic N) is 5. The van der Waals surface area contributed by atoms with Crippen LogP contribution in [0.3, 0.4) is 0 Å². The van der Waals surface area contributed by atoms with Crippen molar-refractivity contribution in [2.24, 2.45) is 0 Å². The Morgan fingerprint density at radius 3 is 2.68 bits per heavy atom. The Labute approximate surface area is 128 Å². The van der Waals surface area contributed by atoms with E-state index in [4.69, 9.17) is 5.73 Å². The molecule has 0 spiro atoms. The van der Waals surface area contributed by atoms with Crippen molar-refractivity contribution in [3.63, 3.8) is 0 Å². The van der Waals surface area contributed by atoms with Crippen LogP contribution in [0.1, 0.15) is 0 Å². The highest BCUT2D eigenvalue weighted by Gasteiger charge is 2.07. The van der Waals surface area contributed by atoms with Crippen LogP contribution in [-0.4, -0.2) is 35.4 Å². The van der Waals surface area contributed by atoms with Gasteiger partial charge in [-0.1, -0.05) is 6.07 Å². The van der Waals surface area contributed by atoms with Crippen molar-refractivity contribution < 1.29 is 4.21 Å². The maximum absolute atomic E-state index is 11.5. The molecule has 2 aromatic heterocycles. The van der Waals surface area contributed by atoms with Gasteiger partial charge < -0.3 is 11.1 Å². The van der Waals surface area contributed by atoms with Crippen LogP contribution in [0.5, 0.6) is 0 Å². The Morgan fingerprint density at radius 1 is 1.18 bits per heavy atom. The topological polar surface area (TPSA) is 112 Å². The maximum Gasteiger partial charge on any atom is 0.222 e. The van der Waals surface area contributed by atoms with E-state index in [-0.39, 0.29) is 11.0 Å². The molecule has 0 aliphatic rings. The highest BCUT2D eigenvalue weighted by atomic mass is 32.2. The van der Waals surface area contributed by atoms with E-state index in [0.717, 1.165) is 11.4 Å². The molecular formula is C13H13N7OS. The third kappa shape index (κ3) is 3.09. The lowest BCUT2D eigenvalue weighted by Crippen LogP contribution is -2.05. The third-order valence-electron chi connectivity index (χ3n) is 2.75. The predicted octanol–water partition coefficient (Wildman–Crippen LogP) is 1.12. The normalized spacial score (nSPS) is 12.0. The molecule has 0 saturated heterocycles. The van der Waals surface area contributed by atoms with Gasteiger partial charge in [0.05, 0.1) is 28.9 Å². The maximum atomic E-state index is 11.5. The number of aromatic nitrogens is 5. The van der Waals surface area contributed by atoms with Crippen molar-refractivity contribution in [1.82, 2.24) is 25.0 Å². The van der Waals surface area contributed by atoms with Crippen LogP contribution in [0.25, 0.3) is 5.69 Å². The molecule has 3 N–H and O–H groups in total. The second kappa shape index (κ2) is 5.90. The lowest BCUT2D eigenvalue weighted by atomic mass is 10.3. The number of nitrogens with two attached hydrogens (primary N) is 1. The Balaban J connectivity index is 1.90. The molecule has 3 aromatic rings. The van der Waals surface area contributed by atoms with Crippen molar-refractivity contribution in [3.8, 4) is 5.69 Å². The van der Waals surface area contributed by atoms with Gasteiger partial charge in [0.2, 0.25) is 5.16 Å². The van der Waals surface area contributed by atoms with E-state index < -0.39 is 10.8 Å². The molecule has 0 aliphatic heterocycles. The van der Waals surface area contributed by atoms with Gasteiger partial charge in [0.25, 0.3) is 0 Å². The van der Waals surface area contributed by atoms with Gasteiger partial charge >= 0.3 is 0 Å². The van der Waals surface area contributed by atoms with Crippen molar-refractivity contribution in [2.45, 2.75) is 5.16 Å². The Hall–Kier alpha value is -2.81. The molecule has 1 aromatic carbocycles. The molecule has 0 fully saturated rings. The molecule has 22 heavy (non-hydrogen) atoms. The molecule has 1 unspecified atom stereocenters. The van der Waals surface area contributed by atoms with E-state index in [1.54, 1.807) is 18.5 Å². The van der Waals surface area contributed by atoms with Gasteiger partial charge in [-0.3, -0.25) is 4.21 Å². The number of nitrogens with one attached hydrogen (secondary N) is 1. The molecule has 0 bridgehead atoms. The van der Waals surface area contributed by atoms with Crippen LogP contribution >= 0.6 is 0 Å². The summed E-state index contributed by atoms with van der Waals surface area (Å²) in [6, 6.07) is 9.06. The summed E-state index contributed by atoms with van der Waals surface area (Å²) in [7, 11) is -1.30. The summed E-state index contributed by atoms with van der Waals surface area (Å²) >= 11 is 0. The number of nitrogen functional groups attached to an aromatic ring is 1. The van der Waals surface area contributed by atoms with Gasteiger partial charge in [-0.05, 0) is 18.2 Å². The van der Waals surface area contributed by atoms with Crippen LogP contribution in [0.2, 0.25) is 0 Å². The van der Waals surface area contributed by atoms with E-state index in [9.17, 15) is 4.21 Å². The average molecular weight is 315 g/mol. The molecule has 112 valence electrons. The summed E-state index contributed by atoms with van der Waals surface area (Å²) in [6.45, 7) is 0. The van der Waals surface area contributed by atoms with E-state index in [1.807, 2.05) is 24.3 Å². The molecule has 8 nitrogen and oxygen atoms in total. The summed E-state index contributed by atoms with van der Waals surface area (Å²) in [5, 5.41) is 11.5. The molecule has 0 radical (unpaired) electrons. The first kappa shape index (κ1) is 14.1. The zero-order chi connectivity index (χ0) is 15.5. The number of benzene rings is 1. The largest absolute Gasteiger partial charge is 0.383 e. The Morgan fingerprint density at radius 2 is 1.95 bits per heavy atom. The molecule has 3 rings (SSSR count). The third-order valence-corrected chi connectivity index (χ3v) is 3.45. The average Bonchev–Trinajstić information content (AvgIpc) is 3.01.